The number of rotatable bonds is 4. The fourth-order valence-corrected chi connectivity index (χ4v) is 1.80. The highest BCUT2D eigenvalue weighted by atomic mass is 19.1. The van der Waals surface area contributed by atoms with Gasteiger partial charge in [-0.3, -0.25) is 4.90 Å². The first-order valence-corrected chi connectivity index (χ1v) is 5.42. The molecule has 0 spiro atoms. The van der Waals surface area contributed by atoms with Crippen molar-refractivity contribution in [2.24, 2.45) is 0 Å². The molecule has 17 heavy (non-hydrogen) atoms. The van der Waals surface area contributed by atoms with Crippen molar-refractivity contribution in [1.29, 1.82) is 5.26 Å². The Morgan fingerprint density at radius 3 is 2.65 bits per heavy atom. The first-order chi connectivity index (χ1) is 7.83. The van der Waals surface area contributed by atoms with Crippen LogP contribution in [0.5, 0.6) is 0 Å². The number of hydrogen-bond acceptors (Lipinski definition) is 3. The van der Waals surface area contributed by atoms with Crippen LogP contribution in [-0.2, 0) is 6.54 Å². The summed E-state index contributed by atoms with van der Waals surface area (Å²) in [4.78, 5) is 1.82. The van der Waals surface area contributed by atoms with Crippen molar-refractivity contribution in [3.05, 3.63) is 35.1 Å². The molecule has 0 aliphatic rings. The lowest BCUT2D eigenvalue weighted by molar-refractivity contribution is 0.0422. The molecule has 0 heterocycles. The van der Waals surface area contributed by atoms with E-state index in [-0.39, 0.29) is 5.56 Å². The summed E-state index contributed by atoms with van der Waals surface area (Å²) in [6, 6.07) is 6.58. The number of aliphatic hydroxyl groups is 1. The highest BCUT2D eigenvalue weighted by Gasteiger charge is 2.17. The number of halogens is 1. The lowest BCUT2D eigenvalue weighted by Crippen LogP contribution is -2.36. The SMILES string of the molecule is CN(Cc1cccc(C#N)c1F)CC(C)(C)O. The fourth-order valence-electron chi connectivity index (χ4n) is 1.80. The summed E-state index contributed by atoms with van der Waals surface area (Å²) >= 11 is 0. The van der Waals surface area contributed by atoms with Crippen molar-refractivity contribution < 1.29 is 9.50 Å². The summed E-state index contributed by atoms with van der Waals surface area (Å²) in [6.45, 7) is 4.20. The summed E-state index contributed by atoms with van der Waals surface area (Å²) in [7, 11) is 1.80. The topological polar surface area (TPSA) is 47.3 Å². The van der Waals surface area contributed by atoms with Crippen LogP contribution in [-0.4, -0.2) is 29.2 Å². The van der Waals surface area contributed by atoms with Gasteiger partial charge in [0.15, 0.2) is 0 Å². The van der Waals surface area contributed by atoms with Crippen molar-refractivity contribution in [1.82, 2.24) is 4.90 Å². The van der Waals surface area contributed by atoms with Crippen LogP contribution in [0.4, 0.5) is 4.39 Å². The smallest absolute Gasteiger partial charge is 0.145 e. The maximum Gasteiger partial charge on any atom is 0.145 e. The molecule has 0 saturated heterocycles. The number of nitrogens with zero attached hydrogens (tertiary/aromatic N) is 2. The van der Waals surface area contributed by atoms with Gasteiger partial charge in [-0.1, -0.05) is 12.1 Å². The zero-order valence-corrected chi connectivity index (χ0v) is 10.4. The molecular weight excluding hydrogens is 219 g/mol. The molecule has 1 aromatic carbocycles. The Morgan fingerprint density at radius 2 is 2.12 bits per heavy atom. The molecule has 1 rings (SSSR count). The molecule has 4 heteroatoms. The van der Waals surface area contributed by atoms with Crippen LogP contribution in [0.2, 0.25) is 0 Å². The van der Waals surface area contributed by atoms with Gasteiger partial charge in [0.2, 0.25) is 0 Å². The van der Waals surface area contributed by atoms with Crippen molar-refractivity contribution in [3.8, 4) is 6.07 Å². The minimum atomic E-state index is -0.821. The monoisotopic (exact) mass is 236 g/mol. The van der Waals surface area contributed by atoms with Gasteiger partial charge in [0, 0.05) is 18.7 Å². The van der Waals surface area contributed by atoms with Gasteiger partial charge in [0.05, 0.1) is 11.2 Å². The Morgan fingerprint density at radius 1 is 1.47 bits per heavy atom. The largest absolute Gasteiger partial charge is 0.389 e. The van der Waals surface area contributed by atoms with E-state index < -0.39 is 11.4 Å². The summed E-state index contributed by atoms with van der Waals surface area (Å²) in [6.07, 6.45) is 0. The number of nitriles is 1. The third-order valence-corrected chi connectivity index (χ3v) is 2.30. The van der Waals surface area contributed by atoms with Crippen LogP contribution >= 0.6 is 0 Å². The van der Waals surface area contributed by atoms with E-state index in [0.29, 0.717) is 18.7 Å². The highest BCUT2D eigenvalue weighted by Crippen LogP contribution is 2.15. The quantitative estimate of drug-likeness (QED) is 0.868. The Hall–Kier alpha value is -1.44. The van der Waals surface area contributed by atoms with Crippen molar-refractivity contribution >= 4 is 0 Å². The van der Waals surface area contributed by atoms with Gasteiger partial charge in [0.1, 0.15) is 11.9 Å². The Balaban J connectivity index is 2.79. The molecule has 1 N–H and O–H groups in total. The average Bonchev–Trinajstić information content (AvgIpc) is 2.18. The third kappa shape index (κ3) is 4.14. The third-order valence-electron chi connectivity index (χ3n) is 2.30. The second-order valence-electron chi connectivity index (χ2n) is 4.88. The van der Waals surface area contributed by atoms with Crippen LogP contribution < -0.4 is 0 Å². The molecule has 0 aliphatic carbocycles. The van der Waals surface area contributed by atoms with Gasteiger partial charge in [0.25, 0.3) is 0 Å². The molecule has 0 radical (unpaired) electrons. The summed E-state index contributed by atoms with van der Waals surface area (Å²) in [5.74, 6) is -0.474. The molecule has 0 aliphatic heterocycles. The second-order valence-corrected chi connectivity index (χ2v) is 4.88. The minimum absolute atomic E-state index is 0.0548. The van der Waals surface area contributed by atoms with E-state index in [9.17, 15) is 9.50 Å². The average molecular weight is 236 g/mol. The Bertz CT molecular complexity index is 432. The Labute approximate surface area is 101 Å². The minimum Gasteiger partial charge on any atom is -0.389 e. The number of hydrogen-bond donors (Lipinski definition) is 1. The number of benzene rings is 1. The second kappa shape index (κ2) is 5.26. The molecule has 0 saturated carbocycles. The van der Waals surface area contributed by atoms with E-state index in [4.69, 9.17) is 5.26 Å². The normalized spacial score (nSPS) is 11.6. The van der Waals surface area contributed by atoms with Crippen LogP contribution in [0.15, 0.2) is 18.2 Å². The Kier molecular flexibility index (Phi) is 4.22. The lowest BCUT2D eigenvalue weighted by atomic mass is 10.1. The van der Waals surface area contributed by atoms with E-state index in [1.165, 1.54) is 6.07 Å². The molecule has 1 aromatic rings. The van der Waals surface area contributed by atoms with Crippen molar-refractivity contribution in [3.63, 3.8) is 0 Å². The lowest BCUT2D eigenvalue weighted by Gasteiger charge is -2.25. The molecular formula is C13H17FN2O. The molecule has 3 nitrogen and oxygen atoms in total. The van der Waals surface area contributed by atoms with Crippen molar-refractivity contribution in [2.75, 3.05) is 13.6 Å². The van der Waals surface area contributed by atoms with Gasteiger partial charge in [-0.2, -0.15) is 5.26 Å². The zero-order valence-electron chi connectivity index (χ0n) is 10.4. The van der Waals surface area contributed by atoms with Gasteiger partial charge in [-0.25, -0.2) is 4.39 Å². The molecule has 0 bridgehead atoms. The first-order valence-electron chi connectivity index (χ1n) is 5.42. The van der Waals surface area contributed by atoms with Gasteiger partial charge in [-0.05, 0) is 27.0 Å². The molecule has 0 fully saturated rings. The number of likely N-dealkylation sites (N-methyl/N-ethyl adjacent to an activating group) is 1. The molecule has 0 aromatic heterocycles. The van der Waals surface area contributed by atoms with E-state index in [0.717, 1.165) is 0 Å². The van der Waals surface area contributed by atoms with E-state index in [1.807, 2.05) is 11.0 Å². The maximum atomic E-state index is 13.8. The van der Waals surface area contributed by atoms with E-state index >= 15 is 0 Å². The summed E-state index contributed by atoms with van der Waals surface area (Å²) in [5.41, 5.74) is -0.298. The maximum absolute atomic E-state index is 13.8. The molecule has 0 atom stereocenters. The first kappa shape index (κ1) is 13.6. The van der Waals surface area contributed by atoms with Gasteiger partial charge < -0.3 is 5.11 Å². The van der Waals surface area contributed by atoms with Gasteiger partial charge in [-0.15, -0.1) is 0 Å². The zero-order chi connectivity index (χ0) is 13.1. The van der Waals surface area contributed by atoms with Crippen LogP contribution in [0.1, 0.15) is 25.0 Å². The van der Waals surface area contributed by atoms with Crippen LogP contribution in [0.25, 0.3) is 0 Å². The standard InChI is InChI=1S/C13H17FN2O/c1-13(2,17)9-16(3)8-11-6-4-5-10(7-15)12(11)14/h4-6,17H,8-9H2,1-3H3. The van der Waals surface area contributed by atoms with E-state index in [2.05, 4.69) is 0 Å². The van der Waals surface area contributed by atoms with E-state index in [1.54, 1.807) is 33.0 Å². The van der Waals surface area contributed by atoms with Crippen LogP contribution in [0, 0.1) is 17.1 Å². The van der Waals surface area contributed by atoms with Crippen molar-refractivity contribution in [2.45, 2.75) is 26.0 Å². The molecule has 0 amide bonds. The molecule has 0 unspecified atom stereocenters. The highest BCUT2D eigenvalue weighted by molar-refractivity contribution is 5.34. The molecule has 92 valence electrons. The predicted molar refractivity (Wildman–Crippen MR) is 63.7 cm³/mol. The summed E-state index contributed by atoms with van der Waals surface area (Å²) in [5, 5.41) is 18.4. The fraction of sp³-hybridized carbons (Fsp3) is 0.462. The van der Waals surface area contributed by atoms with Gasteiger partial charge >= 0.3 is 0 Å². The van der Waals surface area contributed by atoms with Crippen LogP contribution in [0.3, 0.4) is 0 Å². The predicted octanol–water partition coefficient (Wildman–Crippen LogP) is 1.90. The summed E-state index contributed by atoms with van der Waals surface area (Å²) < 4.78 is 13.8.